The van der Waals surface area contributed by atoms with Crippen molar-refractivity contribution in [1.82, 2.24) is 10.6 Å². The number of hydrogen-bond donors (Lipinski definition) is 3. The van der Waals surface area contributed by atoms with E-state index in [-0.39, 0.29) is 12.5 Å². The quantitative estimate of drug-likeness (QED) is 0.543. The van der Waals surface area contributed by atoms with E-state index in [0.717, 1.165) is 25.7 Å². The fraction of sp³-hybridized carbons (Fsp3) is 0.900. The van der Waals surface area contributed by atoms with Crippen LogP contribution in [0, 0.1) is 0 Å². The smallest absolute Gasteiger partial charge is 0.234 e. The van der Waals surface area contributed by atoms with E-state index < -0.39 is 0 Å². The predicted molar refractivity (Wildman–Crippen MR) is 54.9 cm³/mol. The third kappa shape index (κ3) is 5.19. The Balaban J connectivity index is 1.97. The number of aliphatic hydroxyl groups excluding tert-OH is 1. The van der Waals surface area contributed by atoms with Gasteiger partial charge in [-0.25, -0.2) is 0 Å². The van der Waals surface area contributed by atoms with Gasteiger partial charge in [-0.2, -0.15) is 0 Å². The lowest BCUT2D eigenvalue weighted by Gasteiger charge is -2.12. The number of nitrogens with one attached hydrogen (secondary N) is 2. The van der Waals surface area contributed by atoms with Crippen molar-refractivity contribution in [2.75, 3.05) is 13.2 Å². The summed E-state index contributed by atoms with van der Waals surface area (Å²) in [4.78, 5) is 11.2. The van der Waals surface area contributed by atoms with Crippen molar-refractivity contribution in [3.05, 3.63) is 0 Å². The highest BCUT2D eigenvalue weighted by Gasteiger charge is 2.22. The zero-order valence-electron chi connectivity index (χ0n) is 8.75. The summed E-state index contributed by atoms with van der Waals surface area (Å²) in [5.41, 5.74) is 0. The SMILES string of the molecule is CC(CCCO)NCC(=O)NC1CC1. The van der Waals surface area contributed by atoms with E-state index in [1.54, 1.807) is 0 Å². The van der Waals surface area contributed by atoms with Crippen LogP contribution in [0.4, 0.5) is 0 Å². The minimum Gasteiger partial charge on any atom is -0.396 e. The van der Waals surface area contributed by atoms with Crippen molar-refractivity contribution in [3.63, 3.8) is 0 Å². The molecule has 0 spiro atoms. The van der Waals surface area contributed by atoms with Crippen molar-refractivity contribution in [1.29, 1.82) is 0 Å². The first-order valence-electron chi connectivity index (χ1n) is 5.36. The molecule has 1 unspecified atom stereocenters. The molecule has 4 nitrogen and oxygen atoms in total. The van der Waals surface area contributed by atoms with E-state index in [1.165, 1.54) is 0 Å². The summed E-state index contributed by atoms with van der Waals surface area (Å²) in [5.74, 6) is 0.0864. The first-order chi connectivity index (χ1) is 6.72. The van der Waals surface area contributed by atoms with Crippen molar-refractivity contribution < 1.29 is 9.90 Å². The van der Waals surface area contributed by atoms with Crippen LogP contribution in [0.3, 0.4) is 0 Å². The highest BCUT2D eigenvalue weighted by Crippen LogP contribution is 2.18. The number of carbonyl (C=O) groups is 1. The summed E-state index contributed by atoms with van der Waals surface area (Å²) in [6.45, 7) is 2.64. The second kappa shape index (κ2) is 5.98. The molecule has 4 heteroatoms. The molecule has 0 aromatic carbocycles. The van der Waals surface area contributed by atoms with Crippen LogP contribution in [0.2, 0.25) is 0 Å². The average Bonchev–Trinajstić information content (AvgIpc) is 2.95. The van der Waals surface area contributed by atoms with Crippen LogP contribution >= 0.6 is 0 Å². The monoisotopic (exact) mass is 200 g/mol. The molecular weight excluding hydrogens is 180 g/mol. The van der Waals surface area contributed by atoms with Crippen LogP contribution in [0.5, 0.6) is 0 Å². The summed E-state index contributed by atoms with van der Waals surface area (Å²) in [6, 6.07) is 0.740. The molecule has 1 amide bonds. The molecule has 82 valence electrons. The molecule has 0 saturated heterocycles. The van der Waals surface area contributed by atoms with Crippen LogP contribution < -0.4 is 10.6 Å². The average molecular weight is 200 g/mol. The number of aliphatic hydroxyl groups is 1. The molecule has 1 saturated carbocycles. The van der Waals surface area contributed by atoms with Gasteiger partial charge in [-0.05, 0) is 32.6 Å². The van der Waals surface area contributed by atoms with Crippen molar-refractivity contribution in [2.24, 2.45) is 0 Å². The van der Waals surface area contributed by atoms with E-state index in [1.807, 2.05) is 6.92 Å². The third-order valence-corrected chi connectivity index (χ3v) is 2.35. The Hall–Kier alpha value is -0.610. The van der Waals surface area contributed by atoms with Gasteiger partial charge in [0.15, 0.2) is 0 Å². The van der Waals surface area contributed by atoms with E-state index in [0.29, 0.717) is 18.6 Å². The first kappa shape index (κ1) is 11.5. The second-order valence-corrected chi connectivity index (χ2v) is 3.99. The van der Waals surface area contributed by atoms with Crippen LogP contribution in [0.1, 0.15) is 32.6 Å². The zero-order chi connectivity index (χ0) is 10.4. The van der Waals surface area contributed by atoms with E-state index in [9.17, 15) is 4.79 Å². The van der Waals surface area contributed by atoms with Crippen LogP contribution in [-0.4, -0.2) is 36.2 Å². The predicted octanol–water partition coefficient (Wildman–Crippen LogP) is 0.0156. The molecule has 0 radical (unpaired) electrons. The summed E-state index contributed by atoms with van der Waals surface area (Å²) in [6.07, 6.45) is 3.96. The van der Waals surface area contributed by atoms with Gasteiger partial charge < -0.3 is 15.7 Å². The molecule has 0 heterocycles. The maximum absolute atomic E-state index is 11.2. The van der Waals surface area contributed by atoms with E-state index in [4.69, 9.17) is 5.11 Å². The lowest BCUT2D eigenvalue weighted by atomic mass is 10.2. The number of carbonyl (C=O) groups excluding carboxylic acids is 1. The molecule has 0 bridgehead atoms. The summed E-state index contributed by atoms with van der Waals surface area (Å²) >= 11 is 0. The molecule has 1 atom stereocenters. The third-order valence-electron chi connectivity index (χ3n) is 2.35. The molecule has 1 fully saturated rings. The molecule has 0 aliphatic heterocycles. The highest BCUT2D eigenvalue weighted by molar-refractivity contribution is 5.78. The zero-order valence-corrected chi connectivity index (χ0v) is 8.75. The molecule has 0 aromatic heterocycles. The van der Waals surface area contributed by atoms with Crippen LogP contribution in [0.25, 0.3) is 0 Å². The number of amides is 1. The Morgan fingerprint density at radius 2 is 2.29 bits per heavy atom. The minimum absolute atomic E-state index is 0.0864. The summed E-state index contributed by atoms with van der Waals surface area (Å²) < 4.78 is 0. The Bertz CT molecular complexity index is 181. The van der Waals surface area contributed by atoms with Crippen molar-refractivity contribution in [3.8, 4) is 0 Å². The number of hydrogen-bond acceptors (Lipinski definition) is 3. The van der Waals surface area contributed by atoms with Gasteiger partial charge in [-0.15, -0.1) is 0 Å². The van der Waals surface area contributed by atoms with Gasteiger partial charge in [-0.1, -0.05) is 0 Å². The summed E-state index contributed by atoms with van der Waals surface area (Å²) in [5, 5.41) is 14.7. The van der Waals surface area contributed by atoms with Gasteiger partial charge >= 0.3 is 0 Å². The molecule has 1 rings (SSSR count). The van der Waals surface area contributed by atoms with E-state index >= 15 is 0 Å². The Kier molecular flexibility index (Phi) is 4.90. The summed E-state index contributed by atoms with van der Waals surface area (Å²) in [7, 11) is 0. The number of rotatable bonds is 7. The van der Waals surface area contributed by atoms with Gasteiger partial charge in [0.25, 0.3) is 0 Å². The normalized spacial score (nSPS) is 17.9. The Morgan fingerprint density at radius 1 is 1.57 bits per heavy atom. The van der Waals surface area contributed by atoms with Crippen LogP contribution in [0.15, 0.2) is 0 Å². The Morgan fingerprint density at radius 3 is 2.86 bits per heavy atom. The molecule has 1 aliphatic rings. The first-order valence-corrected chi connectivity index (χ1v) is 5.36. The van der Waals surface area contributed by atoms with Gasteiger partial charge in [0.1, 0.15) is 0 Å². The largest absolute Gasteiger partial charge is 0.396 e. The van der Waals surface area contributed by atoms with Gasteiger partial charge in [0.05, 0.1) is 6.54 Å². The molecule has 1 aliphatic carbocycles. The van der Waals surface area contributed by atoms with Crippen molar-refractivity contribution in [2.45, 2.75) is 44.7 Å². The van der Waals surface area contributed by atoms with Crippen molar-refractivity contribution >= 4 is 5.91 Å². The van der Waals surface area contributed by atoms with E-state index in [2.05, 4.69) is 10.6 Å². The molecule has 0 aromatic rings. The lowest BCUT2D eigenvalue weighted by molar-refractivity contribution is -0.120. The van der Waals surface area contributed by atoms with Crippen LogP contribution in [-0.2, 0) is 4.79 Å². The topological polar surface area (TPSA) is 61.4 Å². The van der Waals surface area contributed by atoms with Gasteiger partial charge in [-0.3, -0.25) is 4.79 Å². The molecule has 14 heavy (non-hydrogen) atoms. The highest BCUT2D eigenvalue weighted by atomic mass is 16.2. The lowest BCUT2D eigenvalue weighted by Crippen LogP contribution is -2.38. The Labute approximate surface area is 85.1 Å². The van der Waals surface area contributed by atoms with Gasteiger partial charge in [0, 0.05) is 18.7 Å². The minimum atomic E-state index is 0.0864. The van der Waals surface area contributed by atoms with Gasteiger partial charge in [0.2, 0.25) is 5.91 Å². The fourth-order valence-corrected chi connectivity index (χ4v) is 1.27. The maximum Gasteiger partial charge on any atom is 0.234 e. The maximum atomic E-state index is 11.2. The molecular formula is C10H20N2O2. The second-order valence-electron chi connectivity index (χ2n) is 3.99. The standard InChI is InChI=1S/C10H20N2O2/c1-8(3-2-6-13)11-7-10(14)12-9-4-5-9/h8-9,11,13H,2-7H2,1H3,(H,12,14). The molecule has 3 N–H and O–H groups in total. The fourth-order valence-electron chi connectivity index (χ4n) is 1.27.